The molecular weight excluding hydrogens is 162 g/mol. The number of rotatable bonds is 4. The maximum Gasteiger partial charge on any atom is 0.328 e. The van der Waals surface area contributed by atoms with Gasteiger partial charge in [0.25, 0.3) is 5.91 Å². The molecule has 0 spiro atoms. The number of carboxylic acids is 1. The molecule has 0 aromatic carbocycles. The summed E-state index contributed by atoms with van der Waals surface area (Å²) in [4.78, 5) is 21.0. The van der Waals surface area contributed by atoms with Crippen molar-refractivity contribution in [2.75, 3.05) is 14.1 Å². The summed E-state index contributed by atoms with van der Waals surface area (Å²) in [5.74, 6) is -1.64. The van der Waals surface area contributed by atoms with E-state index < -0.39 is 11.9 Å². The second kappa shape index (κ2) is 5.28. The van der Waals surface area contributed by atoms with E-state index in [1.54, 1.807) is 0 Å². The van der Waals surface area contributed by atoms with Crippen molar-refractivity contribution in [3.05, 3.63) is 12.2 Å². The molecule has 12 heavy (non-hydrogen) atoms. The van der Waals surface area contributed by atoms with Crippen molar-refractivity contribution in [2.45, 2.75) is 0 Å². The third-order valence-electron chi connectivity index (χ3n) is 1.04. The van der Waals surface area contributed by atoms with Crippen LogP contribution in [-0.2, 0) is 9.59 Å². The van der Waals surface area contributed by atoms with Crippen LogP contribution in [0.5, 0.6) is 0 Å². The second-order valence-electron chi connectivity index (χ2n) is 1.79. The first-order valence-corrected chi connectivity index (χ1v) is 3.21. The molecule has 0 fully saturated rings. The van der Waals surface area contributed by atoms with E-state index in [0.29, 0.717) is 0 Å². The van der Waals surface area contributed by atoms with Crippen molar-refractivity contribution in [2.24, 2.45) is 0 Å². The molecule has 6 heteroatoms. The average molecular weight is 173 g/mol. The highest BCUT2D eigenvalue weighted by atomic mass is 16.4. The Kier molecular flexibility index (Phi) is 4.66. The number of aliphatic carboxylic acids is 1. The summed E-state index contributed by atoms with van der Waals surface area (Å²) in [5, 5.41) is 9.23. The largest absolute Gasteiger partial charge is 0.478 e. The summed E-state index contributed by atoms with van der Waals surface area (Å²) in [5.41, 5.74) is 5.01. The van der Waals surface area contributed by atoms with E-state index in [1.165, 1.54) is 14.1 Å². The quantitative estimate of drug-likeness (QED) is 0.364. The Morgan fingerprint density at radius 2 is 1.75 bits per heavy atom. The number of carboxylic acid groups (broad SMARTS) is 1. The van der Waals surface area contributed by atoms with E-state index in [-0.39, 0.29) is 0 Å². The summed E-state index contributed by atoms with van der Waals surface area (Å²) >= 11 is 0. The molecule has 0 aromatic heterocycles. The zero-order valence-corrected chi connectivity index (χ0v) is 6.87. The number of amides is 1. The van der Waals surface area contributed by atoms with E-state index in [0.717, 1.165) is 17.3 Å². The Balaban J connectivity index is 4.10. The molecule has 0 unspecified atom stereocenters. The molecule has 0 saturated carbocycles. The molecule has 6 nitrogen and oxygen atoms in total. The van der Waals surface area contributed by atoms with Gasteiger partial charge in [-0.25, -0.2) is 20.8 Å². The molecule has 0 saturated heterocycles. The maximum atomic E-state index is 11.0. The van der Waals surface area contributed by atoms with E-state index in [1.807, 2.05) is 0 Å². The first-order chi connectivity index (χ1) is 5.61. The van der Waals surface area contributed by atoms with Gasteiger partial charge in [-0.1, -0.05) is 0 Å². The highest BCUT2D eigenvalue weighted by Crippen LogP contribution is 1.80. The molecule has 0 aliphatic carbocycles. The summed E-state index contributed by atoms with van der Waals surface area (Å²) < 4.78 is 0. The van der Waals surface area contributed by atoms with Crippen molar-refractivity contribution in [3.63, 3.8) is 0 Å². The lowest BCUT2D eigenvalue weighted by molar-refractivity contribution is -0.134. The van der Waals surface area contributed by atoms with Gasteiger partial charge in [0, 0.05) is 26.2 Å². The lowest BCUT2D eigenvalue weighted by Crippen LogP contribution is -2.47. The number of nitrogens with zero attached hydrogens (tertiary/aromatic N) is 1. The summed E-state index contributed by atoms with van der Waals surface area (Å²) in [6.07, 6.45) is 1.71. The van der Waals surface area contributed by atoms with Gasteiger partial charge in [0.15, 0.2) is 0 Å². The molecule has 0 aliphatic heterocycles. The second-order valence-corrected chi connectivity index (χ2v) is 1.79. The first kappa shape index (κ1) is 10.6. The fraction of sp³-hybridized carbons (Fsp3) is 0.333. The van der Waals surface area contributed by atoms with E-state index in [4.69, 9.17) is 5.11 Å². The SMILES string of the molecule is CNN(NC)C(=O)/C=C\C(=O)O. The highest BCUT2D eigenvalue weighted by molar-refractivity contribution is 5.93. The van der Waals surface area contributed by atoms with Gasteiger partial charge in [0.1, 0.15) is 0 Å². The Hall–Kier alpha value is -1.40. The minimum Gasteiger partial charge on any atom is -0.478 e. The summed E-state index contributed by atoms with van der Waals surface area (Å²) in [6, 6.07) is 0. The van der Waals surface area contributed by atoms with Crippen LogP contribution in [0.1, 0.15) is 0 Å². The zero-order valence-electron chi connectivity index (χ0n) is 6.87. The molecule has 0 atom stereocenters. The monoisotopic (exact) mass is 173 g/mol. The van der Waals surface area contributed by atoms with Crippen LogP contribution >= 0.6 is 0 Å². The van der Waals surface area contributed by atoms with Gasteiger partial charge in [0.2, 0.25) is 0 Å². The van der Waals surface area contributed by atoms with Gasteiger partial charge in [-0.3, -0.25) is 4.79 Å². The number of hydrogen-bond donors (Lipinski definition) is 3. The Morgan fingerprint density at radius 1 is 1.25 bits per heavy atom. The van der Waals surface area contributed by atoms with Crippen LogP contribution in [0.15, 0.2) is 12.2 Å². The normalized spacial score (nSPS) is 10.2. The van der Waals surface area contributed by atoms with Crippen LogP contribution in [0.25, 0.3) is 0 Å². The van der Waals surface area contributed by atoms with Crippen LogP contribution in [-0.4, -0.2) is 36.2 Å². The van der Waals surface area contributed by atoms with Gasteiger partial charge >= 0.3 is 5.97 Å². The number of carbonyl (C=O) groups excluding carboxylic acids is 1. The molecule has 0 rings (SSSR count). The fourth-order valence-electron chi connectivity index (χ4n) is 0.549. The lowest BCUT2D eigenvalue weighted by Gasteiger charge is -2.16. The highest BCUT2D eigenvalue weighted by Gasteiger charge is 2.04. The number of hydrazine groups is 2. The number of carbonyl (C=O) groups is 2. The fourth-order valence-corrected chi connectivity index (χ4v) is 0.549. The average Bonchev–Trinajstić information content (AvgIpc) is 2.03. The molecule has 68 valence electrons. The van der Waals surface area contributed by atoms with Gasteiger partial charge in [0.05, 0.1) is 0 Å². The Labute approximate surface area is 69.8 Å². The van der Waals surface area contributed by atoms with E-state index in [9.17, 15) is 9.59 Å². The maximum absolute atomic E-state index is 11.0. The number of hydrogen-bond acceptors (Lipinski definition) is 4. The molecule has 0 aliphatic rings. The minimum atomic E-state index is -1.16. The van der Waals surface area contributed by atoms with Crippen molar-refractivity contribution < 1.29 is 14.7 Å². The van der Waals surface area contributed by atoms with E-state index in [2.05, 4.69) is 10.9 Å². The van der Waals surface area contributed by atoms with Crippen LogP contribution < -0.4 is 10.9 Å². The molecular formula is C6H11N3O3. The van der Waals surface area contributed by atoms with Gasteiger partial charge in [-0.2, -0.15) is 0 Å². The topological polar surface area (TPSA) is 81.7 Å². The molecule has 0 bridgehead atoms. The number of nitrogens with one attached hydrogen (secondary N) is 2. The van der Waals surface area contributed by atoms with Gasteiger partial charge < -0.3 is 5.11 Å². The smallest absolute Gasteiger partial charge is 0.328 e. The van der Waals surface area contributed by atoms with Crippen LogP contribution in [0, 0.1) is 0 Å². The molecule has 1 amide bonds. The Bertz CT molecular complexity index is 198. The van der Waals surface area contributed by atoms with Crippen molar-refractivity contribution in [1.29, 1.82) is 0 Å². The Morgan fingerprint density at radius 3 is 2.08 bits per heavy atom. The third-order valence-corrected chi connectivity index (χ3v) is 1.04. The predicted octanol–water partition coefficient (Wildman–Crippen LogP) is -1.28. The van der Waals surface area contributed by atoms with Crippen LogP contribution in [0.2, 0.25) is 0 Å². The van der Waals surface area contributed by atoms with Crippen LogP contribution in [0.4, 0.5) is 0 Å². The lowest BCUT2D eigenvalue weighted by atomic mass is 10.5. The van der Waals surface area contributed by atoms with Gasteiger partial charge in [-0.15, -0.1) is 0 Å². The first-order valence-electron chi connectivity index (χ1n) is 3.21. The third kappa shape index (κ3) is 3.69. The minimum absolute atomic E-state index is 0.484. The zero-order chi connectivity index (χ0) is 9.56. The molecule has 0 aromatic rings. The summed E-state index contributed by atoms with van der Waals surface area (Å²) in [7, 11) is 3.06. The molecule has 0 heterocycles. The van der Waals surface area contributed by atoms with Crippen LogP contribution in [0.3, 0.4) is 0 Å². The standard InChI is InChI=1S/C6H11N3O3/c1-7-9(8-2)5(10)3-4-6(11)12/h3-4,7-8H,1-2H3,(H,11,12)/b4-3-. The summed E-state index contributed by atoms with van der Waals surface area (Å²) in [6.45, 7) is 0. The predicted molar refractivity (Wildman–Crippen MR) is 41.7 cm³/mol. The van der Waals surface area contributed by atoms with Crippen molar-refractivity contribution >= 4 is 11.9 Å². The van der Waals surface area contributed by atoms with Crippen molar-refractivity contribution in [1.82, 2.24) is 16.0 Å². The van der Waals surface area contributed by atoms with Crippen molar-refractivity contribution in [3.8, 4) is 0 Å². The van der Waals surface area contributed by atoms with Gasteiger partial charge in [-0.05, 0) is 0 Å². The molecule has 3 N–H and O–H groups in total. The van der Waals surface area contributed by atoms with E-state index >= 15 is 0 Å². The molecule has 0 radical (unpaired) electrons.